The molecule has 118 valence electrons. The number of hydrogen-bond acceptors (Lipinski definition) is 5. The van der Waals surface area contributed by atoms with Crippen molar-refractivity contribution in [2.24, 2.45) is 11.0 Å². The van der Waals surface area contributed by atoms with Crippen molar-refractivity contribution in [3.05, 3.63) is 47.3 Å². The van der Waals surface area contributed by atoms with E-state index >= 15 is 0 Å². The lowest BCUT2D eigenvalue weighted by Gasteiger charge is -2.08. The second-order valence-corrected chi connectivity index (χ2v) is 7.89. The Hall–Kier alpha value is -1.86. The molecule has 7 heteroatoms. The average molecular weight is 338 g/mol. The van der Waals surface area contributed by atoms with E-state index in [-0.39, 0.29) is 4.21 Å². The van der Waals surface area contributed by atoms with E-state index in [1.165, 1.54) is 12.3 Å². The first kappa shape index (κ1) is 16.5. The molecule has 2 rings (SSSR count). The van der Waals surface area contributed by atoms with Gasteiger partial charge in [-0.05, 0) is 47.2 Å². The number of benzene rings is 1. The van der Waals surface area contributed by atoms with Crippen LogP contribution in [-0.2, 0) is 10.0 Å². The third-order valence-corrected chi connectivity index (χ3v) is 5.23. The fourth-order valence-corrected chi connectivity index (χ4v) is 3.32. The molecular formula is C15H18N2O3S2. The largest absolute Gasteiger partial charge is 0.493 e. The molecule has 0 amide bonds. The molecule has 22 heavy (non-hydrogen) atoms. The predicted octanol–water partition coefficient (Wildman–Crippen LogP) is 3.10. The zero-order valence-corrected chi connectivity index (χ0v) is 14.0. The van der Waals surface area contributed by atoms with Gasteiger partial charge >= 0.3 is 0 Å². The fraction of sp³-hybridized carbons (Fsp3) is 0.267. The summed E-state index contributed by atoms with van der Waals surface area (Å²) in [7, 11) is -3.57. The molecule has 0 saturated heterocycles. The van der Waals surface area contributed by atoms with Gasteiger partial charge in [0.05, 0.1) is 12.8 Å². The maximum atomic E-state index is 11.9. The van der Waals surface area contributed by atoms with E-state index in [1.54, 1.807) is 11.4 Å². The van der Waals surface area contributed by atoms with Crippen LogP contribution in [0.2, 0.25) is 0 Å². The van der Waals surface area contributed by atoms with E-state index < -0.39 is 10.0 Å². The van der Waals surface area contributed by atoms with E-state index in [2.05, 4.69) is 23.8 Å². The summed E-state index contributed by atoms with van der Waals surface area (Å²) >= 11 is 1.14. The monoisotopic (exact) mass is 338 g/mol. The second-order valence-electron chi connectivity index (χ2n) is 5.06. The average Bonchev–Trinajstić information content (AvgIpc) is 3.01. The minimum absolute atomic E-state index is 0.238. The number of hydrogen-bond donors (Lipinski definition) is 1. The Kier molecular flexibility index (Phi) is 5.57. The molecule has 2 aromatic rings. The molecule has 0 bridgehead atoms. The molecule has 0 saturated carbocycles. The number of sulfonamides is 1. The summed E-state index contributed by atoms with van der Waals surface area (Å²) in [6, 6.07) is 10.5. The molecule has 1 aromatic heterocycles. The van der Waals surface area contributed by atoms with Gasteiger partial charge in [-0.25, -0.2) is 0 Å². The molecule has 0 atom stereocenters. The van der Waals surface area contributed by atoms with Gasteiger partial charge in [0.15, 0.2) is 0 Å². The number of nitrogens with zero attached hydrogens (tertiary/aromatic N) is 1. The van der Waals surface area contributed by atoms with E-state index in [9.17, 15) is 8.42 Å². The van der Waals surface area contributed by atoms with Crippen molar-refractivity contribution in [1.29, 1.82) is 0 Å². The van der Waals surface area contributed by atoms with Crippen LogP contribution in [0.4, 0.5) is 0 Å². The Morgan fingerprint density at radius 3 is 2.59 bits per heavy atom. The van der Waals surface area contributed by atoms with Crippen LogP contribution in [0.3, 0.4) is 0 Å². The lowest BCUT2D eigenvalue weighted by Crippen LogP contribution is -2.17. The molecule has 1 aromatic carbocycles. The van der Waals surface area contributed by atoms with Crippen LogP contribution in [0.15, 0.2) is 51.1 Å². The van der Waals surface area contributed by atoms with Gasteiger partial charge in [-0.2, -0.15) is 18.4 Å². The molecule has 1 heterocycles. The third-order valence-electron chi connectivity index (χ3n) is 2.61. The molecule has 1 N–H and O–H groups in total. The summed E-state index contributed by atoms with van der Waals surface area (Å²) in [6.07, 6.45) is 1.46. The molecule has 5 nitrogen and oxygen atoms in total. The van der Waals surface area contributed by atoms with Gasteiger partial charge in [0.25, 0.3) is 10.0 Å². The standard InChI is InChI=1S/C15H18N2O3S2/c1-12(2)11-20-14-7-5-13(6-8-14)10-16-17-22(18,19)15-4-3-9-21-15/h3-10,12,17H,11H2,1-2H3/b16-10+. The zero-order valence-electron chi connectivity index (χ0n) is 12.4. The molecule has 0 spiro atoms. The van der Waals surface area contributed by atoms with Gasteiger partial charge in [0.1, 0.15) is 9.96 Å². The first-order valence-corrected chi connectivity index (χ1v) is 9.15. The van der Waals surface area contributed by atoms with Crippen molar-refractivity contribution < 1.29 is 13.2 Å². The summed E-state index contributed by atoms with van der Waals surface area (Å²) in [5.41, 5.74) is 0.783. The van der Waals surface area contributed by atoms with Crippen molar-refractivity contribution in [2.75, 3.05) is 6.61 Å². The number of thiophene rings is 1. The number of hydrazone groups is 1. The third kappa shape index (κ3) is 4.85. The molecule has 0 aliphatic carbocycles. The minimum Gasteiger partial charge on any atom is -0.493 e. The Morgan fingerprint density at radius 1 is 1.27 bits per heavy atom. The normalized spacial score (nSPS) is 12.0. The lowest BCUT2D eigenvalue weighted by molar-refractivity contribution is 0.271. The summed E-state index contributed by atoms with van der Waals surface area (Å²) in [5.74, 6) is 1.25. The molecule has 0 radical (unpaired) electrons. The summed E-state index contributed by atoms with van der Waals surface area (Å²) in [6.45, 7) is 4.83. The summed E-state index contributed by atoms with van der Waals surface area (Å²) < 4.78 is 29.5. The highest BCUT2D eigenvalue weighted by Gasteiger charge is 2.12. The first-order chi connectivity index (χ1) is 10.5. The van der Waals surface area contributed by atoms with Crippen molar-refractivity contribution >= 4 is 27.6 Å². The van der Waals surface area contributed by atoms with Crippen LogP contribution in [-0.4, -0.2) is 21.2 Å². The molecule has 0 fully saturated rings. The van der Waals surface area contributed by atoms with Crippen LogP contribution in [0, 0.1) is 5.92 Å². The Labute approximate surface area is 134 Å². The maximum Gasteiger partial charge on any atom is 0.286 e. The van der Waals surface area contributed by atoms with Gasteiger partial charge in [-0.15, -0.1) is 11.3 Å². The highest BCUT2D eigenvalue weighted by molar-refractivity contribution is 7.91. The van der Waals surface area contributed by atoms with Crippen molar-refractivity contribution in [3.8, 4) is 5.75 Å². The highest BCUT2D eigenvalue weighted by atomic mass is 32.2. The lowest BCUT2D eigenvalue weighted by atomic mass is 10.2. The number of nitrogens with one attached hydrogen (secondary N) is 1. The van der Waals surface area contributed by atoms with Crippen molar-refractivity contribution in [1.82, 2.24) is 4.83 Å². The number of ether oxygens (including phenoxy) is 1. The van der Waals surface area contributed by atoms with E-state index in [4.69, 9.17) is 4.74 Å². The maximum absolute atomic E-state index is 11.9. The number of rotatable bonds is 7. The molecule has 0 aliphatic heterocycles. The van der Waals surface area contributed by atoms with E-state index in [0.717, 1.165) is 22.6 Å². The Bertz CT molecular complexity index is 706. The van der Waals surface area contributed by atoms with Crippen molar-refractivity contribution in [2.45, 2.75) is 18.1 Å². The SMILES string of the molecule is CC(C)COc1ccc(/C=N/NS(=O)(=O)c2cccs2)cc1. The highest BCUT2D eigenvalue weighted by Crippen LogP contribution is 2.15. The minimum atomic E-state index is -3.57. The zero-order chi connectivity index (χ0) is 16.0. The smallest absolute Gasteiger partial charge is 0.286 e. The second kappa shape index (κ2) is 7.42. The summed E-state index contributed by atoms with van der Waals surface area (Å²) in [4.78, 5) is 2.19. The molecule has 0 unspecified atom stereocenters. The van der Waals surface area contributed by atoms with Crippen LogP contribution in [0.1, 0.15) is 19.4 Å². The molecular weight excluding hydrogens is 320 g/mol. The van der Waals surface area contributed by atoms with Gasteiger partial charge < -0.3 is 4.74 Å². The van der Waals surface area contributed by atoms with Crippen LogP contribution >= 0.6 is 11.3 Å². The van der Waals surface area contributed by atoms with Crippen LogP contribution in [0.5, 0.6) is 5.75 Å². The van der Waals surface area contributed by atoms with Crippen molar-refractivity contribution in [3.63, 3.8) is 0 Å². The Morgan fingerprint density at radius 2 is 2.00 bits per heavy atom. The van der Waals surface area contributed by atoms with Gasteiger partial charge in [-0.3, -0.25) is 0 Å². The van der Waals surface area contributed by atoms with Gasteiger partial charge in [0.2, 0.25) is 0 Å². The van der Waals surface area contributed by atoms with E-state index in [0.29, 0.717) is 12.5 Å². The van der Waals surface area contributed by atoms with Gasteiger partial charge in [-0.1, -0.05) is 19.9 Å². The van der Waals surface area contributed by atoms with Crippen LogP contribution in [0.25, 0.3) is 0 Å². The molecule has 0 aliphatic rings. The quantitative estimate of drug-likeness (QED) is 0.623. The summed E-state index contributed by atoms with van der Waals surface area (Å²) in [5, 5.41) is 5.48. The topological polar surface area (TPSA) is 67.8 Å². The fourth-order valence-electron chi connectivity index (χ4n) is 1.54. The Balaban J connectivity index is 1.93. The van der Waals surface area contributed by atoms with Gasteiger partial charge in [0, 0.05) is 0 Å². The van der Waals surface area contributed by atoms with Crippen LogP contribution < -0.4 is 9.57 Å². The predicted molar refractivity (Wildman–Crippen MR) is 89.0 cm³/mol. The first-order valence-electron chi connectivity index (χ1n) is 6.78. The van der Waals surface area contributed by atoms with E-state index in [1.807, 2.05) is 24.3 Å².